The molecule has 0 aliphatic carbocycles. The summed E-state index contributed by atoms with van der Waals surface area (Å²) in [6, 6.07) is 7.62. The Kier molecular flexibility index (Phi) is 3.41. The van der Waals surface area contributed by atoms with Crippen molar-refractivity contribution in [3.8, 4) is 11.6 Å². The van der Waals surface area contributed by atoms with Gasteiger partial charge in [0.25, 0.3) is 0 Å². The topological polar surface area (TPSA) is 85.7 Å². The lowest BCUT2D eigenvalue weighted by molar-refractivity contribution is 0.318. The van der Waals surface area contributed by atoms with E-state index in [2.05, 4.69) is 10.3 Å². The monoisotopic (exact) mass is 260 g/mol. The molecule has 0 saturated carbocycles. The number of hydrogen-bond donors (Lipinski definition) is 2. The first-order valence-electron chi connectivity index (χ1n) is 5.79. The lowest BCUT2D eigenvalue weighted by Gasteiger charge is -2.08. The standard InChI is InChI=1S/C13H16N4O2/c1-8-5-4-6-10(7-8)19-13-11(12(14)16-18)9(2)15-17(13)3/h4-7,18H,1-3H3,(H2,14,16). The average molecular weight is 260 g/mol. The van der Waals surface area contributed by atoms with Gasteiger partial charge < -0.3 is 15.7 Å². The van der Waals surface area contributed by atoms with E-state index < -0.39 is 0 Å². The summed E-state index contributed by atoms with van der Waals surface area (Å²) in [5.74, 6) is 1.10. The van der Waals surface area contributed by atoms with Crippen molar-refractivity contribution in [3.05, 3.63) is 41.1 Å². The van der Waals surface area contributed by atoms with Crippen molar-refractivity contribution in [3.63, 3.8) is 0 Å². The van der Waals surface area contributed by atoms with Crippen LogP contribution in [0.5, 0.6) is 11.6 Å². The molecule has 100 valence electrons. The highest BCUT2D eigenvalue weighted by Gasteiger charge is 2.19. The van der Waals surface area contributed by atoms with Crippen LogP contribution in [0.25, 0.3) is 0 Å². The predicted molar refractivity (Wildman–Crippen MR) is 71.7 cm³/mol. The third kappa shape index (κ3) is 2.52. The van der Waals surface area contributed by atoms with E-state index in [1.165, 1.54) is 0 Å². The molecule has 6 heteroatoms. The molecule has 0 unspecified atom stereocenters. The minimum absolute atomic E-state index is 0.0201. The number of aryl methyl sites for hydroxylation is 3. The maximum absolute atomic E-state index is 8.83. The fourth-order valence-corrected chi connectivity index (χ4v) is 1.89. The van der Waals surface area contributed by atoms with Crippen molar-refractivity contribution in [2.45, 2.75) is 13.8 Å². The van der Waals surface area contributed by atoms with Gasteiger partial charge in [-0.05, 0) is 31.5 Å². The molecule has 0 spiro atoms. The molecule has 2 rings (SSSR count). The quantitative estimate of drug-likeness (QED) is 0.382. The highest BCUT2D eigenvalue weighted by Crippen LogP contribution is 2.27. The van der Waals surface area contributed by atoms with Gasteiger partial charge in [0, 0.05) is 7.05 Å². The second-order valence-corrected chi connectivity index (χ2v) is 4.29. The maximum atomic E-state index is 8.83. The van der Waals surface area contributed by atoms with Crippen LogP contribution in [-0.2, 0) is 7.05 Å². The first kappa shape index (κ1) is 12.9. The number of hydrogen-bond acceptors (Lipinski definition) is 4. The van der Waals surface area contributed by atoms with Gasteiger partial charge in [0.15, 0.2) is 5.84 Å². The molecular weight excluding hydrogens is 244 g/mol. The van der Waals surface area contributed by atoms with Crippen molar-refractivity contribution in [2.24, 2.45) is 17.9 Å². The Labute approximate surface area is 111 Å². The van der Waals surface area contributed by atoms with Gasteiger partial charge >= 0.3 is 0 Å². The summed E-state index contributed by atoms with van der Waals surface area (Å²) < 4.78 is 7.35. The van der Waals surface area contributed by atoms with Crippen molar-refractivity contribution in [1.82, 2.24) is 9.78 Å². The smallest absolute Gasteiger partial charge is 0.229 e. The normalized spacial score (nSPS) is 11.6. The molecule has 0 bridgehead atoms. The zero-order valence-electron chi connectivity index (χ0n) is 11.1. The molecule has 19 heavy (non-hydrogen) atoms. The van der Waals surface area contributed by atoms with Crippen molar-refractivity contribution in [2.75, 3.05) is 0 Å². The highest BCUT2D eigenvalue weighted by atomic mass is 16.5. The van der Waals surface area contributed by atoms with Crippen LogP contribution in [0.2, 0.25) is 0 Å². The summed E-state index contributed by atoms with van der Waals surface area (Å²) in [6.07, 6.45) is 0. The van der Waals surface area contributed by atoms with Crippen LogP contribution in [0, 0.1) is 13.8 Å². The molecule has 0 fully saturated rings. The first-order valence-corrected chi connectivity index (χ1v) is 5.79. The Balaban J connectivity index is 2.45. The van der Waals surface area contributed by atoms with Crippen LogP contribution in [0.15, 0.2) is 29.4 Å². The minimum Gasteiger partial charge on any atom is -0.438 e. The summed E-state index contributed by atoms with van der Waals surface area (Å²) in [6.45, 7) is 3.75. The van der Waals surface area contributed by atoms with Gasteiger partial charge in [0.2, 0.25) is 5.88 Å². The van der Waals surface area contributed by atoms with Gasteiger partial charge in [-0.3, -0.25) is 0 Å². The van der Waals surface area contributed by atoms with Crippen LogP contribution in [0.1, 0.15) is 16.8 Å². The molecule has 1 heterocycles. The number of benzene rings is 1. The number of ether oxygens (including phenoxy) is 1. The van der Waals surface area contributed by atoms with Gasteiger partial charge in [-0.25, -0.2) is 4.68 Å². The molecule has 0 radical (unpaired) electrons. The molecule has 6 nitrogen and oxygen atoms in total. The highest BCUT2D eigenvalue weighted by molar-refractivity contribution is 6.00. The van der Waals surface area contributed by atoms with Gasteiger partial charge in [-0.1, -0.05) is 17.3 Å². The van der Waals surface area contributed by atoms with Gasteiger partial charge in [0.05, 0.1) is 5.69 Å². The fourth-order valence-electron chi connectivity index (χ4n) is 1.89. The third-order valence-corrected chi connectivity index (χ3v) is 2.74. The van der Waals surface area contributed by atoms with Crippen LogP contribution in [0.3, 0.4) is 0 Å². The summed E-state index contributed by atoms with van der Waals surface area (Å²) >= 11 is 0. The summed E-state index contributed by atoms with van der Waals surface area (Å²) in [5, 5.41) is 16.1. The molecule has 0 atom stereocenters. The van der Waals surface area contributed by atoms with Crippen molar-refractivity contribution >= 4 is 5.84 Å². The molecule has 1 aromatic heterocycles. The van der Waals surface area contributed by atoms with E-state index in [1.807, 2.05) is 31.2 Å². The van der Waals surface area contributed by atoms with Gasteiger partial charge in [0.1, 0.15) is 11.3 Å². The molecule has 1 aromatic carbocycles. The molecular formula is C13H16N4O2. The molecule has 3 N–H and O–H groups in total. The Hall–Kier alpha value is -2.50. The Morgan fingerprint density at radius 2 is 2.16 bits per heavy atom. The second kappa shape index (κ2) is 5.01. The SMILES string of the molecule is Cc1cccc(Oc2c(C(N)=NO)c(C)nn2C)c1. The second-order valence-electron chi connectivity index (χ2n) is 4.29. The van der Waals surface area contributed by atoms with E-state index in [-0.39, 0.29) is 5.84 Å². The van der Waals surface area contributed by atoms with Gasteiger partial charge in [-0.2, -0.15) is 5.10 Å². The molecule has 0 amide bonds. The molecule has 2 aromatic rings. The lowest BCUT2D eigenvalue weighted by Crippen LogP contribution is -2.15. The Morgan fingerprint density at radius 1 is 1.42 bits per heavy atom. The Bertz CT molecular complexity index is 632. The largest absolute Gasteiger partial charge is 0.438 e. The van der Waals surface area contributed by atoms with Crippen LogP contribution in [-0.4, -0.2) is 20.8 Å². The minimum atomic E-state index is -0.0201. The number of rotatable bonds is 3. The van der Waals surface area contributed by atoms with E-state index in [0.717, 1.165) is 5.56 Å². The van der Waals surface area contributed by atoms with Gasteiger partial charge in [-0.15, -0.1) is 0 Å². The number of amidine groups is 1. The molecule has 0 aliphatic heterocycles. The summed E-state index contributed by atoms with van der Waals surface area (Å²) in [7, 11) is 1.74. The van der Waals surface area contributed by atoms with Crippen LogP contribution < -0.4 is 10.5 Å². The number of nitrogens with zero attached hydrogens (tertiary/aromatic N) is 3. The third-order valence-electron chi connectivity index (χ3n) is 2.74. The van der Waals surface area contributed by atoms with E-state index in [1.54, 1.807) is 18.7 Å². The first-order chi connectivity index (χ1) is 9.02. The predicted octanol–water partition coefficient (Wildman–Crippen LogP) is 1.92. The maximum Gasteiger partial charge on any atom is 0.229 e. The Morgan fingerprint density at radius 3 is 2.79 bits per heavy atom. The number of aromatic nitrogens is 2. The molecule has 0 aliphatic rings. The number of nitrogens with two attached hydrogens (primary N) is 1. The van der Waals surface area contributed by atoms with E-state index in [0.29, 0.717) is 22.9 Å². The van der Waals surface area contributed by atoms with E-state index in [9.17, 15) is 0 Å². The lowest BCUT2D eigenvalue weighted by atomic mass is 10.2. The van der Waals surface area contributed by atoms with Crippen LogP contribution in [0.4, 0.5) is 0 Å². The summed E-state index contributed by atoms with van der Waals surface area (Å²) in [4.78, 5) is 0. The average Bonchev–Trinajstić information content (AvgIpc) is 2.63. The van der Waals surface area contributed by atoms with Crippen molar-refractivity contribution in [1.29, 1.82) is 0 Å². The fraction of sp³-hybridized carbons (Fsp3) is 0.231. The van der Waals surface area contributed by atoms with Crippen LogP contribution >= 0.6 is 0 Å². The molecule has 0 saturated heterocycles. The zero-order valence-corrected chi connectivity index (χ0v) is 11.1. The zero-order chi connectivity index (χ0) is 14.0. The van der Waals surface area contributed by atoms with Crippen molar-refractivity contribution < 1.29 is 9.94 Å². The number of oxime groups is 1. The van der Waals surface area contributed by atoms with E-state index >= 15 is 0 Å². The summed E-state index contributed by atoms with van der Waals surface area (Å²) in [5.41, 5.74) is 7.88. The van der Waals surface area contributed by atoms with E-state index in [4.69, 9.17) is 15.7 Å².